The molecule has 1 aliphatic rings. The van der Waals surface area contributed by atoms with Crippen LogP contribution in [0.4, 0.5) is 0 Å². The Bertz CT molecular complexity index is 497. The van der Waals surface area contributed by atoms with Crippen molar-refractivity contribution >= 4 is 17.2 Å². The highest BCUT2D eigenvalue weighted by molar-refractivity contribution is 7.11. The molecule has 1 N–H and O–H groups in total. The normalized spacial score (nSPS) is 28.0. The lowest BCUT2D eigenvalue weighted by Gasteiger charge is -2.39. The van der Waals surface area contributed by atoms with E-state index in [0.717, 1.165) is 9.88 Å². The van der Waals surface area contributed by atoms with Gasteiger partial charge >= 0.3 is 0 Å². The van der Waals surface area contributed by atoms with E-state index < -0.39 is 5.41 Å². The van der Waals surface area contributed by atoms with E-state index in [4.69, 9.17) is 0 Å². The summed E-state index contributed by atoms with van der Waals surface area (Å²) in [6, 6.07) is 2.05. The third-order valence-electron chi connectivity index (χ3n) is 3.40. The molecule has 0 radical (unpaired) electrons. The molecule has 5 heteroatoms. The first-order valence-electron chi connectivity index (χ1n) is 6.11. The van der Waals surface area contributed by atoms with Crippen molar-refractivity contribution in [1.29, 1.82) is 5.26 Å². The largest absolute Gasteiger partial charge is 0.346 e. The number of aryl methyl sites for hydroxylation is 1. The highest BCUT2D eigenvalue weighted by Gasteiger charge is 2.49. The molecule has 1 aromatic heterocycles. The number of nitrogens with one attached hydrogen (secondary N) is 1. The van der Waals surface area contributed by atoms with Gasteiger partial charge in [-0.2, -0.15) is 5.26 Å². The predicted molar refractivity (Wildman–Crippen MR) is 69.9 cm³/mol. The molecule has 1 aromatic rings. The van der Waals surface area contributed by atoms with Gasteiger partial charge in [0.15, 0.2) is 0 Å². The average Bonchev–Trinajstić information content (AvgIpc) is 2.71. The lowest BCUT2D eigenvalue weighted by atomic mass is 9.63. The summed E-state index contributed by atoms with van der Waals surface area (Å²) >= 11 is 1.57. The van der Waals surface area contributed by atoms with E-state index in [1.807, 2.05) is 13.8 Å². The lowest BCUT2D eigenvalue weighted by Crippen LogP contribution is -2.48. The van der Waals surface area contributed by atoms with E-state index >= 15 is 0 Å². The summed E-state index contributed by atoms with van der Waals surface area (Å²) < 4.78 is 0. The maximum atomic E-state index is 12.2. The molecule has 1 heterocycles. The molecule has 96 valence electrons. The Morgan fingerprint density at radius 2 is 2.39 bits per heavy atom. The van der Waals surface area contributed by atoms with Gasteiger partial charge in [0.05, 0.1) is 12.1 Å². The number of rotatable bonds is 3. The predicted octanol–water partition coefficient (Wildman–Crippen LogP) is 2.57. The number of carbonyl (C=O) groups excluding carboxylic acids is 1. The summed E-state index contributed by atoms with van der Waals surface area (Å²) in [6.45, 7) is 5.96. The number of carbonyl (C=O) groups is 1. The summed E-state index contributed by atoms with van der Waals surface area (Å²) in [6.07, 6.45) is 3.13. The number of thiazole rings is 1. The van der Waals surface area contributed by atoms with E-state index in [-0.39, 0.29) is 11.9 Å². The number of amides is 1. The first-order chi connectivity index (χ1) is 8.47. The number of hydrogen-bond acceptors (Lipinski definition) is 4. The zero-order chi connectivity index (χ0) is 13.3. The maximum Gasteiger partial charge on any atom is 0.241 e. The Morgan fingerprint density at radius 1 is 1.72 bits per heavy atom. The Balaban J connectivity index is 2.02. The van der Waals surface area contributed by atoms with Crippen LogP contribution in [0.1, 0.15) is 42.6 Å². The summed E-state index contributed by atoms with van der Waals surface area (Å²) in [7, 11) is 0. The van der Waals surface area contributed by atoms with E-state index in [9.17, 15) is 10.1 Å². The number of nitriles is 1. The SMILES string of the molecule is Cc1cnc(C(C)NC(=O)C2(C#N)CC(C)C2)s1. The molecule has 1 saturated carbocycles. The standard InChI is InChI=1S/C13H17N3OS/c1-8-4-13(5-8,7-14)12(17)16-10(3)11-15-6-9(2)18-11/h6,8,10H,4-5H2,1-3H3,(H,16,17). The minimum absolute atomic E-state index is 0.127. The summed E-state index contributed by atoms with van der Waals surface area (Å²) in [5.74, 6) is 0.316. The van der Waals surface area contributed by atoms with Crippen LogP contribution >= 0.6 is 11.3 Å². The molecule has 18 heavy (non-hydrogen) atoms. The van der Waals surface area contributed by atoms with Crippen molar-refractivity contribution in [2.24, 2.45) is 11.3 Å². The van der Waals surface area contributed by atoms with Crippen molar-refractivity contribution in [2.75, 3.05) is 0 Å². The Morgan fingerprint density at radius 3 is 2.83 bits per heavy atom. The lowest BCUT2D eigenvalue weighted by molar-refractivity contribution is -0.134. The average molecular weight is 263 g/mol. The van der Waals surface area contributed by atoms with E-state index in [2.05, 4.69) is 23.3 Å². The zero-order valence-electron chi connectivity index (χ0n) is 10.9. The summed E-state index contributed by atoms with van der Waals surface area (Å²) in [5.41, 5.74) is -0.806. The highest BCUT2D eigenvalue weighted by Crippen LogP contribution is 2.45. The molecule has 1 atom stereocenters. The minimum Gasteiger partial charge on any atom is -0.346 e. The molecular formula is C13H17N3OS. The van der Waals surface area contributed by atoms with Crippen LogP contribution in [0.25, 0.3) is 0 Å². The van der Waals surface area contributed by atoms with Crippen LogP contribution < -0.4 is 5.32 Å². The van der Waals surface area contributed by atoms with Gasteiger partial charge in [-0.25, -0.2) is 4.98 Å². The van der Waals surface area contributed by atoms with Crippen LogP contribution in [-0.4, -0.2) is 10.9 Å². The molecule has 2 rings (SSSR count). The van der Waals surface area contributed by atoms with Gasteiger partial charge in [0, 0.05) is 11.1 Å². The molecule has 0 spiro atoms. The van der Waals surface area contributed by atoms with Crippen LogP contribution in [0.3, 0.4) is 0 Å². The van der Waals surface area contributed by atoms with Crippen molar-refractivity contribution < 1.29 is 4.79 Å². The van der Waals surface area contributed by atoms with Crippen LogP contribution in [0.15, 0.2) is 6.20 Å². The second kappa shape index (κ2) is 4.69. The summed E-state index contributed by atoms with van der Waals surface area (Å²) in [5, 5.41) is 13.0. The molecule has 0 aliphatic heterocycles. The maximum absolute atomic E-state index is 12.2. The van der Waals surface area contributed by atoms with Crippen molar-refractivity contribution in [3.63, 3.8) is 0 Å². The van der Waals surface area contributed by atoms with E-state index in [1.54, 1.807) is 17.5 Å². The van der Waals surface area contributed by atoms with Gasteiger partial charge in [-0.1, -0.05) is 6.92 Å². The number of aromatic nitrogens is 1. The molecular weight excluding hydrogens is 246 g/mol. The third-order valence-corrected chi connectivity index (χ3v) is 4.50. The van der Waals surface area contributed by atoms with Crippen LogP contribution in [0.2, 0.25) is 0 Å². The molecule has 0 saturated heterocycles. The Kier molecular flexibility index (Phi) is 3.40. The molecule has 4 nitrogen and oxygen atoms in total. The van der Waals surface area contributed by atoms with E-state index in [0.29, 0.717) is 18.8 Å². The molecule has 1 aliphatic carbocycles. The fraction of sp³-hybridized carbons (Fsp3) is 0.615. The quantitative estimate of drug-likeness (QED) is 0.911. The molecule has 1 amide bonds. The van der Waals surface area contributed by atoms with Crippen molar-refractivity contribution in [3.05, 3.63) is 16.1 Å². The third kappa shape index (κ3) is 2.25. The van der Waals surface area contributed by atoms with Crippen molar-refractivity contribution in [1.82, 2.24) is 10.3 Å². The second-order valence-electron chi connectivity index (χ2n) is 5.21. The fourth-order valence-corrected chi connectivity index (χ4v) is 3.20. The highest BCUT2D eigenvalue weighted by atomic mass is 32.1. The van der Waals surface area contributed by atoms with Gasteiger partial charge < -0.3 is 5.32 Å². The van der Waals surface area contributed by atoms with Gasteiger partial charge in [-0.05, 0) is 32.6 Å². The van der Waals surface area contributed by atoms with Gasteiger partial charge in [0.2, 0.25) is 5.91 Å². The van der Waals surface area contributed by atoms with Gasteiger partial charge in [0.1, 0.15) is 10.4 Å². The van der Waals surface area contributed by atoms with Crippen molar-refractivity contribution in [3.8, 4) is 6.07 Å². The van der Waals surface area contributed by atoms with Crippen molar-refractivity contribution in [2.45, 2.75) is 39.7 Å². The van der Waals surface area contributed by atoms with Gasteiger partial charge in [-0.3, -0.25) is 4.79 Å². The summed E-state index contributed by atoms with van der Waals surface area (Å²) in [4.78, 5) is 17.5. The first-order valence-corrected chi connectivity index (χ1v) is 6.93. The first kappa shape index (κ1) is 13.0. The Labute approximate surface area is 111 Å². The topological polar surface area (TPSA) is 65.8 Å². The molecule has 0 bridgehead atoms. The Hall–Kier alpha value is -1.41. The fourth-order valence-electron chi connectivity index (χ4n) is 2.43. The van der Waals surface area contributed by atoms with Gasteiger partial charge in [0.25, 0.3) is 0 Å². The smallest absolute Gasteiger partial charge is 0.241 e. The van der Waals surface area contributed by atoms with Crippen LogP contribution in [-0.2, 0) is 4.79 Å². The zero-order valence-corrected chi connectivity index (χ0v) is 11.7. The molecule has 1 unspecified atom stereocenters. The van der Waals surface area contributed by atoms with Crippen LogP contribution in [0.5, 0.6) is 0 Å². The van der Waals surface area contributed by atoms with Crippen LogP contribution in [0, 0.1) is 29.6 Å². The molecule has 0 aromatic carbocycles. The minimum atomic E-state index is -0.806. The van der Waals surface area contributed by atoms with E-state index in [1.165, 1.54) is 0 Å². The number of hydrogen-bond donors (Lipinski definition) is 1. The monoisotopic (exact) mass is 263 g/mol. The molecule has 1 fully saturated rings. The second-order valence-corrected chi connectivity index (χ2v) is 6.48. The number of nitrogens with zero attached hydrogens (tertiary/aromatic N) is 2. The van der Waals surface area contributed by atoms with Gasteiger partial charge in [-0.15, -0.1) is 11.3 Å².